The molecule has 0 spiro atoms. The van der Waals surface area contributed by atoms with Gasteiger partial charge in [0.15, 0.2) is 9.84 Å². The lowest BCUT2D eigenvalue weighted by atomic mass is 9.85. The van der Waals surface area contributed by atoms with E-state index in [4.69, 9.17) is 0 Å². The third-order valence-corrected chi connectivity index (χ3v) is 6.80. The molecule has 6 nitrogen and oxygen atoms in total. The van der Waals surface area contributed by atoms with Crippen LogP contribution in [0, 0.1) is 11.8 Å². The second-order valence-corrected chi connectivity index (χ2v) is 8.59. The molecule has 0 saturated carbocycles. The molecule has 0 radical (unpaired) electrons. The Morgan fingerprint density at radius 2 is 1.77 bits per heavy atom. The molecule has 3 unspecified atom stereocenters. The number of rotatable bonds is 4. The van der Waals surface area contributed by atoms with Gasteiger partial charge in [0.2, 0.25) is 11.8 Å². The molecule has 7 heteroatoms. The highest BCUT2D eigenvalue weighted by Gasteiger charge is 2.48. The summed E-state index contributed by atoms with van der Waals surface area (Å²) in [6.45, 7) is 2.79. The lowest BCUT2D eigenvalue weighted by molar-refractivity contribution is -0.142. The first-order valence-corrected chi connectivity index (χ1v) is 9.70. The molecule has 122 valence electrons. The summed E-state index contributed by atoms with van der Waals surface area (Å²) in [6.07, 6.45) is 5.79. The average molecular weight is 326 g/mol. The SMILES string of the molecule is CCN(CN1C(=O)C2CC=CCC2C1=O)C1CCS(=O)(=O)C1. The smallest absolute Gasteiger partial charge is 0.234 e. The van der Waals surface area contributed by atoms with Crippen molar-refractivity contribution in [1.29, 1.82) is 0 Å². The highest BCUT2D eigenvalue weighted by atomic mass is 32.2. The number of imide groups is 1. The minimum Gasteiger partial charge on any atom is -0.282 e. The number of amides is 2. The number of likely N-dealkylation sites (tertiary alicyclic amines) is 1. The topological polar surface area (TPSA) is 74.8 Å². The number of carbonyl (C=O) groups is 2. The maximum Gasteiger partial charge on any atom is 0.234 e. The molecule has 22 heavy (non-hydrogen) atoms. The molecule has 1 aliphatic carbocycles. The molecule has 3 aliphatic rings. The highest BCUT2D eigenvalue weighted by molar-refractivity contribution is 7.91. The molecule has 0 bridgehead atoms. The third kappa shape index (κ3) is 2.72. The van der Waals surface area contributed by atoms with Gasteiger partial charge in [-0.1, -0.05) is 19.1 Å². The normalized spacial score (nSPS) is 33.7. The van der Waals surface area contributed by atoms with Gasteiger partial charge in [0.1, 0.15) is 0 Å². The lowest BCUT2D eigenvalue weighted by Gasteiger charge is -2.30. The summed E-state index contributed by atoms with van der Waals surface area (Å²) in [4.78, 5) is 28.2. The summed E-state index contributed by atoms with van der Waals surface area (Å²) < 4.78 is 23.3. The second-order valence-electron chi connectivity index (χ2n) is 6.36. The van der Waals surface area contributed by atoms with Crippen molar-refractivity contribution in [1.82, 2.24) is 9.80 Å². The molecule has 0 aromatic heterocycles. The Labute approximate surface area is 131 Å². The van der Waals surface area contributed by atoms with Gasteiger partial charge >= 0.3 is 0 Å². The Balaban J connectivity index is 1.72. The molecule has 0 aromatic carbocycles. The second kappa shape index (κ2) is 5.77. The Morgan fingerprint density at radius 1 is 1.18 bits per heavy atom. The first kappa shape index (κ1) is 15.7. The van der Waals surface area contributed by atoms with Crippen molar-refractivity contribution in [3.05, 3.63) is 12.2 Å². The predicted octanol–water partition coefficient (Wildman–Crippen LogP) is 0.404. The van der Waals surface area contributed by atoms with Gasteiger partial charge in [0.25, 0.3) is 0 Å². The Bertz CT molecular complexity index is 587. The van der Waals surface area contributed by atoms with Crippen molar-refractivity contribution < 1.29 is 18.0 Å². The van der Waals surface area contributed by atoms with E-state index in [1.54, 1.807) is 0 Å². The predicted molar refractivity (Wildman–Crippen MR) is 81.5 cm³/mol. The molecule has 3 rings (SSSR count). The van der Waals surface area contributed by atoms with E-state index >= 15 is 0 Å². The van der Waals surface area contributed by atoms with Gasteiger partial charge in [0.05, 0.1) is 30.0 Å². The lowest BCUT2D eigenvalue weighted by Crippen LogP contribution is -2.46. The summed E-state index contributed by atoms with van der Waals surface area (Å²) in [5.74, 6) is -0.305. The van der Waals surface area contributed by atoms with Gasteiger partial charge in [-0.3, -0.25) is 19.4 Å². The zero-order valence-corrected chi connectivity index (χ0v) is 13.6. The summed E-state index contributed by atoms with van der Waals surface area (Å²) in [6, 6.07) is -0.0867. The minimum absolute atomic E-state index is 0.0867. The summed E-state index contributed by atoms with van der Waals surface area (Å²) in [7, 11) is -2.97. The summed E-state index contributed by atoms with van der Waals surface area (Å²) >= 11 is 0. The van der Waals surface area contributed by atoms with Gasteiger partial charge < -0.3 is 0 Å². The first-order valence-electron chi connectivity index (χ1n) is 7.87. The van der Waals surface area contributed by atoms with Gasteiger partial charge in [-0.05, 0) is 25.8 Å². The summed E-state index contributed by atoms with van der Waals surface area (Å²) in [5, 5.41) is 0. The van der Waals surface area contributed by atoms with E-state index in [9.17, 15) is 18.0 Å². The molecule has 0 aromatic rings. The van der Waals surface area contributed by atoms with E-state index in [-0.39, 0.29) is 47.9 Å². The van der Waals surface area contributed by atoms with Crippen molar-refractivity contribution >= 4 is 21.7 Å². The van der Waals surface area contributed by atoms with Gasteiger partial charge in [-0.25, -0.2) is 8.42 Å². The van der Waals surface area contributed by atoms with Crippen LogP contribution in [0.25, 0.3) is 0 Å². The molecular formula is C15H22N2O4S. The average Bonchev–Trinajstić information content (AvgIpc) is 2.97. The number of nitrogens with zero attached hydrogens (tertiary/aromatic N) is 2. The van der Waals surface area contributed by atoms with Crippen LogP contribution in [-0.4, -0.2) is 60.8 Å². The third-order valence-electron chi connectivity index (χ3n) is 5.05. The Hall–Kier alpha value is -1.21. The molecule has 0 N–H and O–H groups in total. The van der Waals surface area contributed by atoms with Crippen LogP contribution in [0.3, 0.4) is 0 Å². The van der Waals surface area contributed by atoms with E-state index in [0.717, 1.165) is 0 Å². The van der Waals surface area contributed by atoms with Crippen LogP contribution in [0.2, 0.25) is 0 Å². The molecule has 2 fully saturated rings. The monoisotopic (exact) mass is 326 g/mol. The van der Waals surface area contributed by atoms with Crippen LogP contribution >= 0.6 is 0 Å². The molecule has 2 aliphatic heterocycles. The molecular weight excluding hydrogens is 304 g/mol. The fourth-order valence-electron chi connectivity index (χ4n) is 3.73. The van der Waals surface area contributed by atoms with E-state index < -0.39 is 9.84 Å². The number of fused-ring (bicyclic) bond motifs is 1. The van der Waals surface area contributed by atoms with Crippen molar-refractivity contribution in [3.8, 4) is 0 Å². The van der Waals surface area contributed by atoms with Crippen LogP contribution in [0.4, 0.5) is 0 Å². The first-order chi connectivity index (χ1) is 10.4. The molecule has 2 heterocycles. The van der Waals surface area contributed by atoms with E-state index in [2.05, 4.69) is 0 Å². The van der Waals surface area contributed by atoms with Crippen LogP contribution in [0.5, 0.6) is 0 Å². The highest BCUT2D eigenvalue weighted by Crippen LogP contribution is 2.35. The van der Waals surface area contributed by atoms with Crippen molar-refractivity contribution in [3.63, 3.8) is 0 Å². The van der Waals surface area contributed by atoms with E-state index in [1.165, 1.54) is 4.90 Å². The number of allylic oxidation sites excluding steroid dienone is 2. The van der Waals surface area contributed by atoms with Crippen molar-refractivity contribution in [2.24, 2.45) is 11.8 Å². The maximum atomic E-state index is 12.5. The van der Waals surface area contributed by atoms with Crippen LogP contribution in [0.1, 0.15) is 26.2 Å². The van der Waals surface area contributed by atoms with Gasteiger partial charge in [0, 0.05) is 6.04 Å². The largest absolute Gasteiger partial charge is 0.282 e. The Kier molecular flexibility index (Phi) is 4.11. The van der Waals surface area contributed by atoms with Crippen LogP contribution in [0.15, 0.2) is 12.2 Å². The molecule has 3 atom stereocenters. The molecule has 2 amide bonds. The zero-order valence-electron chi connectivity index (χ0n) is 12.8. The number of carbonyl (C=O) groups excluding carboxylic acids is 2. The van der Waals surface area contributed by atoms with Crippen molar-refractivity contribution in [2.45, 2.75) is 32.2 Å². The zero-order chi connectivity index (χ0) is 15.9. The van der Waals surface area contributed by atoms with Crippen LogP contribution in [-0.2, 0) is 19.4 Å². The van der Waals surface area contributed by atoms with Crippen LogP contribution < -0.4 is 0 Å². The van der Waals surface area contributed by atoms with E-state index in [1.807, 2.05) is 24.0 Å². The number of sulfone groups is 1. The van der Waals surface area contributed by atoms with E-state index in [0.29, 0.717) is 25.8 Å². The summed E-state index contributed by atoms with van der Waals surface area (Å²) in [5.41, 5.74) is 0. The fraction of sp³-hybridized carbons (Fsp3) is 0.733. The quantitative estimate of drug-likeness (QED) is 0.552. The Morgan fingerprint density at radius 3 is 2.23 bits per heavy atom. The fourth-order valence-corrected chi connectivity index (χ4v) is 5.49. The van der Waals surface area contributed by atoms with Crippen molar-refractivity contribution in [2.75, 3.05) is 24.7 Å². The van der Waals surface area contributed by atoms with Gasteiger partial charge in [-0.15, -0.1) is 0 Å². The van der Waals surface area contributed by atoms with Gasteiger partial charge in [-0.2, -0.15) is 0 Å². The maximum absolute atomic E-state index is 12.5. The number of hydrogen-bond acceptors (Lipinski definition) is 5. The minimum atomic E-state index is -2.97. The molecule has 2 saturated heterocycles. The number of hydrogen-bond donors (Lipinski definition) is 0. The standard InChI is InChI=1S/C15H22N2O4S/c1-2-16(11-7-8-22(20,21)9-11)10-17-14(18)12-5-3-4-6-13(12)15(17)19/h3-4,11-13H,2,5-10H2,1H3.